The Hall–Kier alpha value is -2.56. The van der Waals surface area contributed by atoms with Gasteiger partial charge in [-0.2, -0.15) is 0 Å². The molecule has 2 fully saturated rings. The summed E-state index contributed by atoms with van der Waals surface area (Å²) in [6.07, 6.45) is 10.6. The maximum absolute atomic E-state index is 12.5. The highest BCUT2D eigenvalue weighted by atomic mass is 16.1. The molecule has 1 aromatic heterocycles. The maximum atomic E-state index is 12.5. The van der Waals surface area contributed by atoms with E-state index in [4.69, 9.17) is 0 Å². The standard InChI is InChI=1S/C22H28N4O/c27-22(21-13-10-19(16-23-21)24-17-6-2-3-7-17)25-18-8-11-20(12-9-18)26-14-4-1-5-15-26/h8-13,16-17,24H,1-7,14-15H2,(H,25,27). The molecule has 2 aromatic rings. The number of carbonyl (C=O) groups is 1. The zero-order valence-corrected chi connectivity index (χ0v) is 15.8. The molecule has 1 amide bonds. The van der Waals surface area contributed by atoms with Crippen LogP contribution in [0.4, 0.5) is 17.1 Å². The number of piperidine rings is 1. The largest absolute Gasteiger partial charge is 0.381 e. The van der Waals surface area contributed by atoms with Gasteiger partial charge in [0.1, 0.15) is 5.69 Å². The molecule has 4 rings (SSSR count). The Morgan fingerprint density at radius 3 is 2.26 bits per heavy atom. The summed E-state index contributed by atoms with van der Waals surface area (Å²) in [5, 5.41) is 6.44. The second kappa shape index (κ2) is 8.42. The lowest BCUT2D eigenvalue weighted by molar-refractivity contribution is 0.102. The molecule has 1 saturated heterocycles. The quantitative estimate of drug-likeness (QED) is 0.809. The number of carbonyl (C=O) groups excluding carboxylic acids is 1. The summed E-state index contributed by atoms with van der Waals surface area (Å²) < 4.78 is 0. The molecule has 1 aliphatic carbocycles. The van der Waals surface area contributed by atoms with Crippen molar-refractivity contribution in [3.8, 4) is 0 Å². The van der Waals surface area contributed by atoms with Crippen molar-refractivity contribution in [2.75, 3.05) is 28.6 Å². The first kappa shape index (κ1) is 17.8. The van der Waals surface area contributed by atoms with Crippen molar-refractivity contribution in [1.82, 2.24) is 4.98 Å². The molecule has 0 spiro atoms. The van der Waals surface area contributed by atoms with Crippen LogP contribution in [0.2, 0.25) is 0 Å². The van der Waals surface area contributed by atoms with Gasteiger partial charge in [-0.1, -0.05) is 12.8 Å². The minimum absolute atomic E-state index is 0.173. The van der Waals surface area contributed by atoms with Gasteiger partial charge in [0.15, 0.2) is 0 Å². The summed E-state index contributed by atoms with van der Waals surface area (Å²) in [7, 11) is 0. The van der Waals surface area contributed by atoms with E-state index in [0.29, 0.717) is 11.7 Å². The molecule has 1 aromatic carbocycles. The summed E-state index contributed by atoms with van der Waals surface area (Å²) in [5.74, 6) is -0.173. The van der Waals surface area contributed by atoms with Crippen LogP contribution < -0.4 is 15.5 Å². The highest BCUT2D eigenvalue weighted by molar-refractivity contribution is 6.03. The third-order valence-electron chi connectivity index (χ3n) is 5.57. The van der Waals surface area contributed by atoms with Crippen LogP contribution in [0.1, 0.15) is 55.4 Å². The smallest absolute Gasteiger partial charge is 0.274 e. The molecule has 0 unspecified atom stereocenters. The van der Waals surface area contributed by atoms with Crippen LogP contribution in [0.5, 0.6) is 0 Å². The first-order chi connectivity index (χ1) is 13.3. The van der Waals surface area contributed by atoms with E-state index in [1.807, 2.05) is 18.2 Å². The Kier molecular flexibility index (Phi) is 5.56. The molecule has 0 atom stereocenters. The van der Waals surface area contributed by atoms with Gasteiger partial charge in [-0.15, -0.1) is 0 Å². The van der Waals surface area contributed by atoms with Crippen LogP contribution >= 0.6 is 0 Å². The predicted molar refractivity (Wildman–Crippen MR) is 111 cm³/mol. The predicted octanol–water partition coefficient (Wildman–Crippen LogP) is 4.68. The maximum Gasteiger partial charge on any atom is 0.274 e. The van der Waals surface area contributed by atoms with Gasteiger partial charge in [-0.25, -0.2) is 4.98 Å². The van der Waals surface area contributed by atoms with Crippen LogP contribution in [-0.4, -0.2) is 30.0 Å². The fraction of sp³-hybridized carbons (Fsp3) is 0.455. The number of amides is 1. The van der Waals surface area contributed by atoms with Crippen molar-refractivity contribution in [3.63, 3.8) is 0 Å². The van der Waals surface area contributed by atoms with E-state index in [-0.39, 0.29) is 5.91 Å². The molecule has 0 radical (unpaired) electrons. The number of pyridine rings is 1. The minimum atomic E-state index is -0.173. The number of nitrogens with one attached hydrogen (secondary N) is 2. The molecule has 2 aliphatic rings. The second-order valence-corrected chi connectivity index (χ2v) is 7.61. The number of hydrogen-bond acceptors (Lipinski definition) is 4. The minimum Gasteiger partial charge on any atom is -0.381 e. The average Bonchev–Trinajstić information content (AvgIpc) is 3.23. The Morgan fingerprint density at radius 1 is 0.889 bits per heavy atom. The molecule has 27 heavy (non-hydrogen) atoms. The first-order valence-corrected chi connectivity index (χ1v) is 10.2. The van der Waals surface area contributed by atoms with Gasteiger partial charge in [0, 0.05) is 30.5 Å². The molecular weight excluding hydrogens is 336 g/mol. The average molecular weight is 364 g/mol. The zero-order chi connectivity index (χ0) is 18.5. The molecule has 1 saturated carbocycles. The lowest BCUT2D eigenvalue weighted by atomic mass is 10.1. The van der Waals surface area contributed by atoms with Crippen molar-refractivity contribution in [2.45, 2.75) is 51.0 Å². The van der Waals surface area contributed by atoms with E-state index in [9.17, 15) is 4.79 Å². The summed E-state index contributed by atoms with van der Waals surface area (Å²) >= 11 is 0. The van der Waals surface area contributed by atoms with Crippen LogP contribution in [0.3, 0.4) is 0 Å². The summed E-state index contributed by atoms with van der Waals surface area (Å²) in [5.41, 5.74) is 3.46. The van der Waals surface area contributed by atoms with Crippen molar-refractivity contribution in [2.24, 2.45) is 0 Å². The number of aromatic nitrogens is 1. The Labute approximate surface area is 161 Å². The first-order valence-electron chi connectivity index (χ1n) is 10.2. The van der Waals surface area contributed by atoms with Gasteiger partial charge in [0.2, 0.25) is 0 Å². The van der Waals surface area contributed by atoms with Crippen LogP contribution in [0, 0.1) is 0 Å². The Balaban J connectivity index is 1.34. The van der Waals surface area contributed by atoms with Gasteiger partial charge in [0.25, 0.3) is 5.91 Å². The number of anilines is 3. The van der Waals surface area contributed by atoms with Gasteiger partial charge < -0.3 is 15.5 Å². The van der Waals surface area contributed by atoms with E-state index in [0.717, 1.165) is 24.5 Å². The van der Waals surface area contributed by atoms with Gasteiger partial charge >= 0.3 is 0 Å². The lowest BCUT2D eigenvalue weighted by Gasteiger charge is -2.28. The lowest BCUT2D eigenvalue weighted by Crippen LogP contribution is -2.29. The summed E-state index contributed by atoms with van der Waals surface area (Å²) in [6.45, 7) is 2.24. The summed E-state index contributed by atoms with van der Waals surface area (Å²) in [4.78, 5) is 19.2. The Bertz CT molecular complexity index is 745. The van der Waals surface area contributed by atoms with E-state index in [2.05, 4.69) is 32.7 Å². The SMILES string of the molecule is O=C(Nc1ccc(N2CCCCC2)cc1)c1ccc(NC2CCCC2)cn1. The molecule has 2 heterocycles. The molecule has 1 aliphatic heterocycles. The molecule has 2 N–H and O–H groups in total. The molecular formula is C22H28N4O. The monoisotopic (exact) mass is 364 g/mol. The third kappa shape index (κ3) is 4.59. The summed E-state index contributed by atoms with van der Waals surface area (Å²) in [6, 6.07) is 12.4. The molecule has 142 valence electrons. The third-order valence-corrected chi connectivity index (χ3v) is 5.57. The van der Waals surface area contributed by atoms with Crippen molar-refractivity contribution in [3.05, 3.63) is 48.3 Å². The van der Waals surface area contributed by atoms with Gasteiger partial charge in [-0.05, 0) is 68.5 Å². The normalized spacial score (nSPS) is 17.7. The number of benzene rings is 1. The highest BCUT2D eigenvalue weighted by Gasteiger charge is 2.15. The topological polar surface area (TPSA) is 57.3 Å². The van der Waals surface area contributed by atoms with Crippen LogP contribution in [-0.2, 0) is 0 Å². The zero-order valence-electron chi connectivity index (χ0n) is 15.8. The fourth-order valence-corrected chi connectivity index (χ4v) is 4.02. The Morgan fingerprint density at radius 2 is 1.59 bits per heavy atom. The highest BCUT2D eigenvalue weighted by Crippen LogP contribution is 2.23. The van der Waals surface area contributed by atoms with E-state index in [1.54, 1.807) is 12.3 Å². The van der Waals surface area contributed by atoms with Crippen molar-refractivity contribution in [1.29, 1.82) is 0 Å². The molecule has 0 bridgehead atoms. The van der Waals surface area contributed by atoms with E-state index < -0.39 is 0 Å². The second-order valence-electron chi connectivity index (χ2n) is 7.61. The van der Waals surface area contributed by atoms with E-state index >= 15 is 0 Å². The molecule has 5 nitrogen and oxygen atoms in total. The van der Waals surface area contributed by atoms with Crippen molar-refractivity contribution >= 4 is 23.0 Å². The number of hydrogen-bond donors (Lipinski definition) is 2. The van der Waals surface area contributed by atoms with Crippen LogP contribution in [0.15, 0.2) is 42.6 Å². The number of rotatable bonds is 5. The van der Waals surface area contributed by atoms with Gasteiger partial charge in [-0.3, -0.25) is 4.79 Å². The van der Waals surface area contributed by atoms with E-state index in [1.165, 1.54) is 50.6 Å². The van der Waals surface area contributed by atoms with Crippen LogP contribution in [0.25, 0.3) is 0 Å². The van der Waals surface area contributed by atoms with Crippen molar-refractivity contribution < 1.29 is 4.79 Å². The fourth-order valence-electron chi connectivity index (χ4n) is 4.02. The van der Waals surface area contributed by atoms with Gasteiger partial charge in [0.05, 0.1) is 11.9 Å². The molecule has 5 heteroatoms. The number of nitrogens with zero attached hydrogens (tertiary/aromatic N) is 2.